The first-order valence-electron chi connectivity index (χ1n) is 6.31. The monoisotopic (exact) mass is 266 g/mol. The molecule has 100 valence electrons. The molecule has 2 N–H and O–H groups in total. The van der Waals surface area contributed by atoms with Gasteiger partial charge in [-0.25, -0.2) is 4.68 Å². The molecule has 0 saturated carbocycles. The van der Waals surface area contributed by atoms with Gasteiger partial charge in [0.25, 0.3) is 0 Å². The molecule has 0 bridgehead atoms. The lowest BCUT2D eigenvalue weighted by Gasteiger charge is -2.05. The third-order valence-electron chi connectivity index (χ3n) is 3.04. The van der Waals surface area contributed by atoms with Crippen molar-refractivity contribution in [2.45, 2.75) is 13.1 Å². The minimum absolute atomic E-state index is 0.548. The maximum atomic E-state index is 5.59. The van der Waals surface area contributed by atoms with Gasteiger partial charge in [-0.05, 0) is 33.7 Å². The Kier molecular flexibility index (Phi) is 3.47. The van der Waals surface area contributed by atoms with Gasteiger partial charge in [-0.3, -0.25) is 4.98 Å². The molecule has 0 aliphatic carbocycles. The molecule has 0 aliphatic heterocycles. The maximum Gasteiger partial charge on any atom is 0.183 e. The van der Waals surface area contributed by atoms with Gasteiger partial charge in [0, 0.05) is 24.5 Å². The van der Waals surface area contributed by atoms with Crippen LogP contribution in [0.25, 0.3) is 11.4 Å². The average molecular weight is 266 g/mol. The third kappa shape index (κ3) is 2.55. The summed E-state index contributed by atoms with van der Waals surface area (Å²) in [5.74, 6) is 0.709. The average Bonchev–Trinajstić information content (AvgIpc) is 2.97. The minimum Gasteiger partial charge on any atom is -0.326 e. The molecular formula is C14H14N6. The number of benzene rings is 1. The van der Waals surface area contributed by atoms with Crippen LogP contribution in [0.5, 0.6) is 0 Å². The van der Waals surface area contributed by atoms with Crippen molar-refractivity contribution in [2.24, 2.45) is 5.73 Å². The number of nitrogens with two attached hydrogens (primary N) is 1. The largest absolute Gasteiger partial charge is 0.326 e. The molecule has 3 rings (SSSR count). The fourth-order valence-corrected chi connectivity index (χ4v) is 1.97. The zero-order valence-electron chi connectivity index (χ0n) is 10.8. The van der Waals surface area contributed by atoms with Crippen molar-refractivity contribution in [3.05, 3.63) is 59.9 Å². The smallest absolute Gasteiger partial charge is 0.183 e. The first-order chi connectivity index (χ1) is 9.86. The van der Waals surface area contributed by atoms with Crippen LogP contribution in [0.1, 0.15) is 11.1 Å². The second-order valence-corrected chi connectivity index (χ2v) is 4.42. The number of hydrogen-bond donors (Lipinski definition) is 1. The summed E-state index contributed by atoms with van der Waals surface area (Å²) in [6, 6.07) is 11.9. The van der Waals surface area contributed by atoms with Crippen molar-refractivity contribution in [1.29, 1.82) is 0 Å². The highest BCUT2D eigenvalue weighted by Crippen LogP contribution is 2.15. The third-order valence-corrected chi connectivity index (χ3v) is 3.04. The fraction of sp³-hybridized carbons (Fsp3) is 0.143. The first kappa shape index (κ1) is 12.4. The van der Waals surface area contributed by atoms with E-state index in [0.717, 1.165) is 16.7 Å². The summed E-state index contributed by atoms with van der Waals surface area (Å²) >= 11 is 0. The minimum atomic E-state index is 0.548. The van der Waals surface area contributed by atoms with Crippen molar-refractivity contribution < 1.29 is 0 Å². The highest BCUT2D eigenvalue weighted by Gasteiger charge is 2.09. The highest BCUT2D eigenvalue weighted by atomic mass is 15.5. The molecule has 0 unspecified atom stereocenters. The van der Waals surface area contributed by atoms with Crippen molar-refractivity contribution >= 4 is 0 Å². The normalized spacial score (nSPS) is 10.7. The Balaban J connectivity index is 1.86. The molecule has 0 amide bonds. The van der Waals surface area contributed by atoms with Crippen LogP contribution in [0.2, 0.25) is 0 Å². The summed E-state index contributed by atoms with van der Waals surface area (Å²) in [5.41, 5.74) is 8.72. The topological polar surface area (TPSA) is 82.5 Å². The maximum absolute atomic E-state index is 5.59. The van der Waals surface area contributed by atoms with Crippen LogP contribution in [-0.2, 0) is 13.1 Å². The molecule has 0 radical (unpaired) electrons. The number of pyridine rings is 1. The Morgan fingerprint density at radius 1 is 1.05 bits per heavy atom. The van der Waals surface area contributed by atoms with Crippen molar-refractivity contribution in [2.75, 3.05) is 0 Å². The Labute approximate surface area is 116 Å². The van der Waals surface area contributed by atoms with E-state index in [1.807, 2.05) is 36.4 Å². The van der Waals surface area contributed by atoms with Crippen LogP contribution in [0, 0.1) is 0 Å². The van der Waals surface area contributed by atoms with Crippen LogP contribution in [0.3, 0.4) is 0 Å². The van der Waals surface area contributed by atoms with E-state index in [2.05, 4.69) is 20.5 Å². The summed E-state index contributed by atoms with van der Waals surface area (Å²) in [4.78, 5) is 4.09. The summed E-state index contributed by atoms with van der Waals surface area (Å²) < 4.78 is 1.76. The van der Waals surface area contributed by atoms with E-state index in [4.69, 9.17) is 5.73 Å². The van der Waals surface area contributed by atoms with E-state index >= 15 is 0 Å². The van der Waals surface area contributed by atoms with Crippen LogP contribution in [-0.4, -0.2) is 25.2 Å². The standard InChI is InChI=1S/C14H14N6/c15-8-11-3-5-12(6-4-11)10-20-14(17-18-19-20)13-2-1-7-16-9-13/h1-7,9H,8,10,15H2. The molecule has 0 saturated heterocycles. The molecule has 2 heterocycles. The molecule has 1 aromatic carbocycles. The van der Waals surface area contributed by atoms with Crippen molar-refractivity contribution in [3.8, 4) is 11.4 Å². The summed E-state index contributed by atoms with van der Waals surface area (Å²) in [6.45, 7) is 1.16. The number of tetrazole rings is 1. The second kappa shape index (κ2) is 5.58. The van der Waals surface area contributed by atoms with E-state index in [-0.39, 0.29) is 0 Å². The Morgan fingerprint density at radius 3 is 2.55 bits per heavy atom. The van der Waals surface area contributed by atoms with Gasteiger partial charge in [0.15, 0.2) is 5.82 Å². The Bertz CT molecular complexity index is 674. The molecule has 0 atom stereocenters. The van der Waals surface area contributed by atoms with Gasteiger partial charge in [0.2, 0.25) is 0 Å². The lowest BCUT2D eigenvalue weighted by molar-refractivity contribution is 0.653. The predicted octanol–water partition coefficient (Wildman–Crippen LogP) is 1.24. The number of hydrogen-bond acceptors (Lipinski definition) is 5. The zero-order chi connectivity index (χ0) is 13.8. The SMILES string of the molecule is NCc1ccc(Cn2nnnc2-c2cccnc2)cc1. The second-order valence-electron chi connectivity index (χ2n) is 4.42. The highest BCUT2D eigenvalue weighted by molar-refractivity contribution is 5.52. The Hall–Kier alpha value is -2.60. The molecule has 0 spiro atoms. The Morgan fingerprint density at radius 2 is 1.85 bits per heavy atom. The van der Waals surface area contributed by atoms with Gasteiger partial charge in [0.05, 0.1) is 6.54 Å². The summed E-state index contributed by atoms with van der Waals surface area (Å²) in [6.07, 6.45) is 3.48. The zero-order valence-corrected chi connectivity index (χ0v) is 10.8. The molecular weight excluding hydrogens is 252 g/mol. The van der Waals surface area contributed by atoms with Crippen LogP contribution in [0.4, 0.5) is 0 Å². The number of aromatic nitrogens is 5. The molecule has 0 fully saturated rings. The summed E-state index contributed by atoms with van der Waals surface area (Å²) in [7, 11) is 0. The summed E-state index contributed by atoms with van der Waals surface area (Å²) in [5, 5.41) is 11.8. The van der Waals surface area contributed by atoms with Crippen molar-refractivity contribution in [3.63, 3.8) is 0 Å². The lowest BCUT2D eigenvalue weighted by atomic mass is 10.1. The van der Waals surface area contributed by atoms with Gasteiger partial charge in [-0.15, -0.1) is 5.10 Å². The molecule has 0 aliphatic rings. The molecule has 3 aromatic rings. The molecule has 6 nitrogen and oxygen atoms in total. The van der Waals surface area contributed by atoms with Gasteiger partial charge in [-0.1, -0.05) is 24.3 Å². The van der Waals surface area contributed by atoms with Crippen molar-refractivity contribution in [1.82, 2.24) is 25.2 Å². The quantitative estimate of drug-likeness (QED) is 0.768. The molecule has 2 aromatic heterocycles. The van der Waals surface area contributed by atoms with Crippen LogP contribution < -0.4 is 5.73 Å². The van der Waals surface area contributed by atoms with E-state index in [1.165, 1.54) is 0 Å². The van der Waals surface area contributed by atoms with Gasteiger partial charge in [-0.2, -0.15) is 0 Å². The number of nitrogens with zero attached hydrogens (tertiary/aromatic N) is 5. The fourth-order valence-electron chi connectivity index (χ4n) is 1.97. The predicted molar refractivity (Wildman–Crippen MR) is 74.5 cm³/mol. The van der Waals surface area contributed by atoms with Gasteiger partial charge >= 0.3 is 0 Å². The van der Waals surface area contributed by atoms with E-state index in [1.54, 1.807) is 17.1 Å². The van der Waals surface area contributed by atoms with E-state index < -0.39 is 0 Å². The van der Waals surface area contributed by atoms with Crippen LogP contribution in [0.15, 0.2) is 48.8 Å². The molecule has 6 heteroatoms. The molecule has 20 heavy (non-hydrogen) atoms. The van der Waals surface area contributed by atoms with Gasteiger partial charge in [0.1, 0.15) is 0 Å². The van der Waals surface area contributed by atoms with Crippen LogP contribution >= 0.6 is 0 Å². The number of rotatable bonds is 4. The van der Waals surface area contributed by atoms with Gasteiger partial charge < -0.3 is 5.73 Å². The lowest BCUT2D eigenvalue weighted by Crippen LogP contribution is -2.05. The first-order valence-corrected chi connectivity index (χ1v) is 6.31. The van der Waals surface area contributed by atoms with E-state index in [9.17, 15) is 0 Å². The van der Waals surface area contributed by atoms with E-state index in [0.29, 0.717) is 18.9 Å².